The van der Waals surface area contributed by atoms with Gasteiger partial charge in [-0.15, -0.1) is 0 Å². The van der Waals surface area contributed by atoms with Crippen LogP contribution in [-0.2, 0) is 0 Å². The average Bonchev–Trinajstić information content (AvgIpc) is 2.70. The zero-order valence-electron chi connectivity index (χ0n) is 8.75. The zero-order valence-corrected chi connectivity index (χ0v) is 8.75. The first kappa shape index (κ1) is 9.64. The Balaban J connectivity index is 2.72. The SMILES string of the molecule is Cc1ccc2c(c1)o/c(=N\O)c1noc(=O)n12. The molecule has 2 aromatic heterocycles. The Kier molecular flexibility index (Phi) is 1.82. The molecule has 1 N–H and O–H groups in total. The minimum Gasteiger partial charge on any atom is -0.432 e. The van der Waals surface area contributed by atoms with Gasteiger partial charge in [0.2, 0.25) is 5.65 Å². The number of hydrogen-bond donors (Lipinski definition) is 1. The smallest absolute Gasteiger partial charge is 0.432 e. The van der Waals surface area contributed by atoms with Gasteiger partial charge in [0.15, 0.2) is 5.58 Å². The lowest BCUT2D eigenvalue weighted by atomic mass is 10.2. The summed E-state index contributed by atoms with van der Waals surface area (Å²) < 4.78 is 11.0. The highest BCUT2D eigenvalue weighted by Gasteiger charge is 2.12. The highest BCUT2D eigenvalue weighted by molar-refractivity contribution is 5.75. The Hall–Kier alpha value is -2.57. The molecular weight excluding hydrogens is 226 g/mol. The summed E-state index contributed by atoms with van der Waals surface area (Å²) in [7, 11) is 0. The molecule has 7 nitrogen and oxygen atoms in total. The second-order valence-corrected chi connectivity index (χ2v) is 3.59. The fraction of sp³-hybridized carbons (Fsp3) is 0.100. The summed E-state index contributed by atoms with van der Waals surface area (Å²) in [5.41, 5.74) is 1.73. The molecule has 0 aliphatic carbocycles. The van der Waals surface area contributed by atoms with Gasteiger partial charge < -0.3 is 9.62 Å². The Morgan fingerprint density at radius 3 is 3.06 bits per heavy atom. The van der Waals surface area contributed by atoms with Gasteiger partial charge in [-0.1, -0.05) is 6.07 Å². The molecule has 0 saturated carbocycles. The lowest BCUT2D eigenvalue weighted by molar-refractivity contribution is 0.277. The van der Waals surface area contributed by atoms with Gasteiger partial charge in [-0.3, -0.25) is 4.52 Å². The predicted molar refractivity (Wildman–Crippen MR) is 55.6 cm³/mol. The van der Waals surface area contributed by atoms with Crippen molar-refractivity contribution in [2.75, 3.05) is 0 Å². The van der Waals surface area contributed by atoms with Crippen LogP contribution >= 0.6 is 0 Å². The molecule has 3 aromatic rings. The number of rotatable bonds is 0. The first-order valence-corrected chi connectivity index (χ1v) is 4.81. The van der Waals surface area contributed by atoms with Crippen LogP contribution in [0.4, 0.5) is 0 Å². The quantitative estimate of drug-likeness (QED) is 0.454. The van der Waals surface area contributed by atoms with E-state index in [1.54, 1.807) is 12.1 Å². The summed E-state index contributed by atoms with van der Waals surface area (Å²) in [6.07, 6.45) is 0. The van der Waals surface area contributed by atoms with E-state index in [1.165, 1.54) is 4.40 Å². The average molecular weight is 233 g/mol. The Bertz CT molecular complexity index is 840. The third-order valence-electron chi connectivity index (χ3n) is 2.45. The summed E-state index contributed by atoms with van der Waals surface area (Å²) in [6, 6.07) is 5.26. The third kappa shape index (κ3) is 1.25. The normalized spacial score (nSPS) is 12.6. The Morgan fingerprint density at radius 1 is 1.47 bits per heavy atom. The van der Waals surface area contributed by atoms with Gasteiger partial charge in [0.05, 0.1) is 5.52 Å². The largest absolute Gasteiger partial charge is 0.446 e. The molecule has 0 aliphatic heterocycles. The third-order valence-corrected chi connectivity index (χ3v) is 2.45. The van der Waals surface area contributed by atoms with Crippen LogP contribution in [0.1, 0.15) is 5.56 Å². The van der Waals surface area contributed by atoms with Crippen LogP contribution in [0, 0.1) is 6.92 Å². The number of benzene rings is 1. The summed E-state index contributed by atoms with van der Waals surface area (Å²) in [5, 5.41) is 15.2. The molecule has 1 aromatic carbocycles. The van der Waals surface area contributed by atoms with Crippen molar-refractivity contribution in [3.63, 3.8) is 0 Å². The van der Waals surface area contributed by atoms with Crippen LogP contribution in [-0.4, -0.2) is 14.8 Å². The molecule has 3 rings (SSSR count). The molecule has 2 heterocycles. The molecule has 0 saturated heterocycles. The molecular formula is C10H7N3O4. The minimum atomic E-state index is -0.658. The molecule has 0 amide bonds. The van der Waals surface area contributed by atoms with Crippen molar-refractivity contribution in [3.8, 4) is 0 Å². The summed E-state index contributed by atoms with van der Waals surface area (Å²) in [6.45, 7) is 1.88. The van der Waals surface area contributed by atoms with E-state index in [0.29, 0.717) is 11.1 Å². The van der Waals surface area contributed by atoms with E-state index in [-0.39, 0.29) is 11.2 Å². The number of nitrogens with zero attached hydrogens (tertiary/aromatic N) is 3. The van der Waals surface area contributed by atoms with Crippen molar-refractivity contribution in [2.45, 2.75) is 6.92 Å². The molecule has 17 heavy (non-hydrogen) atoms. The highest BCUT2D eigenvalue weighted by atomic mass is 16.5. The van der Waals surface area contributed by atoms with Crippen molar-refractivity contribution >= 4 is 16.7 Å². The van der Waals surface area contributed by atoms with Gasteiger partial charge in [0.1, 0.15) is 0 Å². The second kappa shape index (κ2) is 3.21. The van der Waals surface area contributed by atoms with Crippen molar-refractivity contribution in [1.29, 1.82) is 0 Å². The van der Waals surface area contributed by atoms with Crippen LogP contribution in [0.5, 0.6) is 0 Å². The van der Waals surface area contributed by atoms with E-state index in [9.17, 15) is 4.79 Å². The second-order valence-electron chi connectivity index (χ2n) is 3.59. The van der Waals surface area contributed by atoms with Crippen LogP contribution in [0.15, 0.2) is 37.1 Å². The molecule has 0 fully saturated rings. The van der Waals surface area contributed by atoms with E-state index >= 15 is 0 Å². The van der Waals surface area contributed by atoms with Gasteiger partial charge >= 0.3 is 11.3 Å². The van der Waals surface area contributed by atoms with Crippen LogP contribution in [0.3, 0.4) is 0 Å². The van der Waals surface area contributed by atoms with Crippen molar-refractivity contribution in [1.82, 2.24) is 9.56 Å². The molecule has 0 radical (unpaired) electrons. The topological polar surface area (TPSA) is 93.2 Å². The first-order chi connectivity index (χ1) is 8.20. The number of fused-ring (bicyclic) bond motifs is 3. The molecule has 0 unspecified atom stereocenters. The first-order valence-electron chi connectivity index (χ1n) is 4.81. The van der Waals surface area contributed by atoms with E-state index in [2.05, 4.69) is 14.8 Å². The molecule has 0 spiro atoms. The van der Waals surface area contributed by atoms with Gasteiger partial charge in [-0.05, 0) is 34.9 Å². The summed E-state index contributed by atoms with van der Waals surface area (Å²) in [5.74, 6) is -0.658. The molecule has 0 atom stereocenters. The molecule has 0 bridgehead atoms. The van der Waals surface area contributed by atoms with Crippen molar-refractivity contribution in [3.05, 3.63) is 39.9 Å². The van der Waals surface area contributed by atoms with Gasteiger partial charge in [0.25, 0.3) is 0 Å². The maximum Gasteiger partial charge on any atom is 0.446 e. The van der Waals surface area contributed by atoms with E-state index in [4.69, 9.17) is 9.62 Å². The predicted octanol–water partition coefficient (Wildman–Crippen LogP) is 0.632. The lowest BCUT2D eigenvalue weighted by Gasteiger charge is -1.99. The fourth-order valence-corrected chi connectivity index (χ4v) is 1.70. The zero-order chi connectivity index (χ0) is 12.0. The van der Waals surface area contributed by atoms with E-state index in [0.717, 1.165) is 5.56 Å². The van der Waals surface area contributed by atoms with Crippen LogP contribution in [0.25, 0.3) is 16.7 Å². The molecule has 86 valence electrons. The minimum absolute atomic E-state index is 0.0360. The number of aromatic nitrogens is 2. The van der Waals surface area contributed by atoms with Gasteiger partial charge in [0, 0.05) is 0 Å². The molecule has 7 heteroatoms. The van der Waals surface area contributed by atoms with Gasteiger partial charge in [-0.25, -0.2) is 9.20 Å². The highest BCUT2D eigenvalue weighted by Crippen LogP contribution is 2.13. The fourth-order valence-electron chi connectivity index (χ4n) is 1.70. The van der Waals surface area contributed by atoms with E-state index < -0.39 is 5.76 Å². The maximum atomic E-state index is 11.5. The summed E-state index contributed by atoms with van der Waals surface area (Å²) in [4.78, 5) is 11.5. The Morgan fingerprint density at radius 2 is 2.29 bits per heavy atom. The monoisotopic (exact) mass is 233 g/mol. The van der Waals surface area contributed by atoms with Crippen LogP contribution in [0.2, 0.25) is 0 Å². The van der Waals surface area contributed by atoms with Crippen molar-refractivity contribution in [2.24, 2.45) is 5.16 Å². The van der Waals surface area contributed by atoms with E-state index in [1.807, 2.05) is 13.0 Å². The number of aryl methyl sites for hydroxylation is 1. The summed E-state index contributed by atoms with van der Waals surface area (Å²) >= 11 is 0. The lowest BCUT2D eigenvalue weighted by Crippen LogP contribution is -2.14. The van der Waals surface area contributed by atoms with Crippen molar-refractivity contribution < 1.29 is 14.1 Å². The van der Waals surface area contributed by atoms with Crippen LogP contribution < -0.4 is 11.3 Å². The maximum absolute atomic E-state index is 11.5. The standard InChI is InChI=1S/C10H7N3O4/c1-5-2-3-6-7(4-5)16-9(11-15)8-12-17-10(14)13(6)8/h2-4,15H,1H3/b11-9-. The number of hydrogen-bond acceptors (Lipinski definition) is 6. The van der Waals surface area contributed by atoms with Gasteiger partial charge in [-0.2, -0.15) is 0 Å². The Labute approximate surface area is 93.2 Å². The molecule has 0 aliphatic rings.